The smallest absolute Gasteiger partial charge is 0.0701 e. The molecule has 0 heterocycles. The van der Waals surface area contributed by atoms with Gasteiger partial charge in [0, 0.05) is 25.2 Å². The Hall–Kier alpha value is -0.160. The molecule has 0 aromatic rings. The van der Waals surface area contributed by atoms with Crippen LogP contribution in [0, 0.1) is 0 Å². The van der Waals surface area contributed by atoms with Crippen molar-refractivity contribution in [2.24, 2.45) is 0 Å². The molecule has 118 valence electrons. The third kappa shape index (κ3) is 7.02. The molecule has 20 heavy (non-hydrogen) atoms. The molecule has 0 aromatic carbocycles. The Bertz CT molecular complexity index is 203. The molecule has 4 heteroatoms. The molecule has 0 radical (unpaired) electrons. The van der Waals surface area contributed by atoms with Crippen molar-refractivity contribution in [3.05, 3.63) is 0 Å². The summed E-state index contributed by atoms with van der Waals surface area (Å²) in [6.07, 6.45) is 10.9. The Kier molecular flexibility index (Phi) is 8.55. The summed E-state index contributed by atoms with van der Waals surface area (Å²) in [5.41, 5.74) is 0. The minimum atomic E-state index is 0.718. The molecule has 0 spiro atoms. The normalized spacial score (nSPS) is 21.0. The van der Waals surface area contributed by atoms with E-state index in [-0.39, 0.29) is 0 Å². The fraction of sp³-hybridized carbons (Fsp3) is 1.00. The monoisotopic (exact) mass is 284 g/mol. The van der Waals surface area contributed by atoms with Crippen LogP contribution in [0.25, 0.3) is 0 Å². The molecule has 2 rings (SSSR count). The third-order valence-corrected chi connectivity index (χ3v) is 4.44. The fourth-order valence-corrected chi connectivity index (χ4v) is 3.25. The van der Waals surface area contributed by atoms with E-state index in [1.807, 2.05) is 0 Å². The maximum absolute atomic E-state index is 5.57. The van der Waals surface area contributed by atoms with Crippen molar-refractivity contribution >= 4 is 0 Å². The van der Waals surface area contributed by atoms with E-state index in [4.69, 9.17) is 9.47 Å². The van der Waals surface area contributed by atoms with Crippen LogP contribution in [0.3, 0.4) is 0 Å². The summed E-state index contributed by atoms with van der Waals surface area (Å²) in [5.74, 6) is 0. The second-order valence-electron chi connectivity index (χ2n) is 6.10. The van der Waals surface area contributed by atoms with E-state index in [1.165, 1.54) is 51.4 Å². The lowest BCUT2D eigenvalue weighted by atomic mass is 10.2. The van der Waals surface area contributed by atoms with Gasteiger partial charge in [0.2, 0.25) is 0 Å². The molecule has 2 fully saturated rings. The second-order valence-corrected chi connectivity index (χ2v) is 6.10. The van der Waals surface area contributed by atoms with E-state index in [0.29, 0.717) is 0 Å². The Morgan fingerprint density at radius 3 is 1.40 bits per heavy atom. The summed E-state index contributed by atoms with van der Waals surface area (Å²) in [7, 11) is 0. The first-order chi connectivity index (χ1) is 9.95. The average Bonchev–Trinajstić information content (AvgIpc) is 3.14. The van der Waals surface area contributed by atoms with Gasteiger partial charge >= 0.3 is 0 Å². The van der Waals surface area contributed by atoms with E-state index in [1.54, 1.807) is 0 Å². The van der Waals surface area contributed by atoms with Crippen LogP contribution in [0.4, 0.5) is 0 Å². The predicted molar refractivity (Wildman–Crippen MR) is 82.2 cm³/mol. The van der Waals surface area contributed by atoms with Gasteiger partial charge in [-0.3, -0.25) is 0 Å². The van der Waals surface area contributed by atoms with Gasteiger partial charge in [-0.25, -0.2) is 0 Å². The molecule has 0 unspecified atom stereocenters. The van der Waals surface area contributed by atoms with Crippen molar-refractivity contribution in [3.8, 4) is 0 Å². The summed E-state index contributed by atoms with van der Waals surface area (Å²) in [4.78, 5) is 0. The molecular weight excluding hydrogens is 252 g/mol. The zero-order chi connectivity index (χ0) is 13.9. The Labute approximate surface area is 124 Å². The molecule has 0 atom stereocenters. The molecule has 4 nitrogen and oxygen atoms in total. The minimum absolute atomic E-state index is 0.718. The van der Waals surface area contributed by atoms with E-state index in [9.17, 15) is 0 Å². The zero-order valence-corrected chi connectivity index (χ0v) is 12.9. The first-order valence-electron chi connectivity index (χ1n) is 8.57. The van der Waals surface area contributed by atoms with Crippen LogP contribution in [0.1, 0.15) is 51.4 Å². The largest absolute Gasteiger partial charge is 0.378 e. The fourth-order valence-electron chi connectivity index (χ4n) is 3.25. The van der Waals surface area contributed by atoms with Crippen LogP contribution in [0.2, 0.25) is 0 Å². The molecule has 0 aromatic heterocycles. The summed E-state index contributed by atoms with van der Waals surface area (Å²) in [5, 5.41) is 7.10. The van der Waals surface area contributed by atoms with Crippen molar-refractivity contribution in [3.63, 3.8) is 0 Å². The van der Waals surface area contributed by atoms with Crippen LogP contribution in [0.15, 0.2) is 0 Å². The number of nitrogens with one attached hydrogen (secondary N) is 2. The van der Waals surface area contributed by atoms with E-state index >= 15 is 0 Å². The molecule has 2 N–H and O–H groups in total. The van der Waals surface area contributed by atoms with Gasteiger partial charge in [0.05, 0.1) is 26.4 Å². The quantitative estimate of drug-likeness (QED) is 0.570. The molecular formula is C16H32N2O2. The van der Waals surface area contributed by atoms with Crippen molar-refractivity contribution in [2.75, 3.05) is 39.5 Å². The SMILES string of the molecule is C1CCC(NCCOCCOCCNC2CCCC2)C1. The second kappa shape index (κ2) is 10.6. The van der Waals surface area contributed by atoms with Crippen LogP contribution in [0.5, 0.6) is 0 Å². The van der Waals surface area contributed by atoms with E-state index in [2.05, 4.69) is 10.6 Å². The predicted octanol–water partition coefficient (Wildman–Crippen LogP) is 2.08. The maximum Gasteiger partial charge on any atom is 0.0701 e. The average molecular weight is 284 g/mol. The Morgan fingerprint density at radius 2 is 1.00 bits per heavy atom. The molecule has 0 aliphatic heterocycles. The molecule has 2 aliphatic rings. The summed E-state index contributed by atoms with van der Waals surface area (Å²) < 4.78 is 11.1. The zero-order valence-electron chi connectivity index (χ0n) is 12.9. The number of hydrogen-bond acceptors (Lipinski definition) is 4. The van der Waals surface area contributed by atoms with Crippen molar-refractivity contribution in [1.29, 1.82) is 0 Å². The Balaban J connectivity index is 1.26. The molecule has 0 bridgehead atoms. The van der Waals surface area contributed by atoms with Gasteiger partial charge in [0.1, 0.15) is 0 Å². The lowest BCUT2D eigenvalue weighted by molar-refractivity contribution is 0.0487. The highest BCUT2D eigenvalue weighted by Crippen LogP contribution is 2.17. The van der Waals surface area contributed by atoms with Crippen molar-refractivity contribution in [2.45, 2.75) is 63.5 Å². The van der Waals surface area contributed by atoms with Gasteiger partial charge in [-0.1, -0.05) is 25.7 Å². The van der Waals surface area contributed by atoms with Crippen LogP contribution in [-0.4, -0.2) is 51.6 Å². The van der Waals surface area contributed by atoms with Gasteiger partial charge < -0.3 is 20.1 Å². The van der Waals surface area contributed by atoms with Crippen LogP contribution in [-0.2, 0) is 9.47 Å². The Morgan fingerprint density at radius 1 is 0.600 bits per heavy atom. The van der Waals surface area contributed by atoms with Crippen molar-refractivity contribution in [1.82, 2.24) is 10.6 Å². The standard InChI is InChI=1S/C16H32N2O2/c1-2-6-15(5-1)17-9-11-19-13-14-20-12-10-18-16-7-3-4-8-16/h15-18H,1-14H2. The first kappa shape index (κ1) is 16.2. The number of ether oxygens (including phenoxy) is 2. The van der Waals surface area contributed by atoms with Crippen LogP contribution >= 0.6 is 0 Å². The molecule has 2 aliphatic carbocycles. The highest BCUT2D eigenvalue weighted by molar-refractivity contribution is 4.73. The van der Waals surface area contributed by atoms with Crippen molar-refractivity contribution < 1.29 is 9.47 Å². The van der Waals surface area contributed by atoms with Gasteiger partial charge in [-0.05, 0) is 25.7 Å². The minimum Gasteiger partial charge on any atom is -0.378 e. The molecule has 0 saturated heterocycles. The first-order valence-corrected chi connectivity index (χ1v) is 8.57. The van der Waals surface area contributed by atoms with Gasteiger partial charge in [-0.2, -0.15) is 0 Å². The van der Waals surface area contributed by atoms with Crippen LogP contribution < -0.4 is 10.6 Å². The number of rotatable bonds is 11. The van der Waals surface area contributed by atoms with E-state index < -0.39 is 0 Å². The third-order valence-electron chi connectivity index (χ3n) is 4.44. The lowest BCUT2D eigenvalue weighted by Gasteiger charge is -2.13. The summed E-state index contributed by atoms with van der Waals surface area (Å²) in [6.45, 7) is 5.01. The summed E-state index contributed by atoms with van der Waals surface area (Å²) >= 11 is 0. The maximum atomic E-state index is 5.57. The van der Waals surface area contributed by atoms with Gasteiger partial charge in [0.25, 0.3) is 0 Å². The lowest BCUT2D eigenvalue weighted by Crippen LogP contribution is -2.30. The summed E-state index contributed by atoms with van der Waals surface area (Å²) in [6, 6.07) is 1.49. The highest BCUT2D eigenvalue weighted by Gasteiger charge is 2.13. The molecule has 0 amide bonds. The van der Waals surface area contributed by atoms with Gasteiger partial charge in [0.15, 0.2) is 0 Å². The topological polar surface area (TPSA) is 42.5 Å². The van der Waals surface area contributed by atoms with E-state index in [0.717, 1.165) is 51.6 Å². The highest BCUT2D eigenvalue weighted by atomic mass is 16.5. The molecule has 2 saturated carbocycles. The van der Waals surface area contributed by atoms with Gasteiger partial charge in [-0.15, -0.1) is 0 Å². The number of hydrogen-bond donors (Lipinski definition) is 2.